The van der Waals surface area contributed by atoms with E-state index in [2.05, 4.69) is 10.6 Å². The average Bonchev–Trinajstić information content (AvgIpc) is 2.71. The molecule has 0 unspecified atom stereocenters. The first-order valence-electron chi connectivity index (χ1n) is 9.66. The van der Waals surface area contributed by atoms with Gasteiger partial charge < -0.3 is 20.5 Å². The Balaban J connectivity index is 1.32. The number of rotatable bonds is 9. The van der Waals surface area contributed by atoms with Crippen LogP contribution in [0.15, 0.2) is 42.5 Å². The van der Waals surface area contributed by atoms with Gasteiger partial charge in [-0.25, -0.2) is 4.79 Å². The van der Waals surface area contributed by atoms with Crippen LogP contribution in [-0.4, -0.2) is 36.0 Å². The number of carboxylic acids is 1. The maximum atomic E-state index is 11.9. The van der Waals surface area contributed by atoms with Gasteiger partial charge in [-0.05, 0) is 60.7 Å². The van der Waals surface area contributed by atoms with Crippen molar-refractivity contribution in [1.29, 1.82) is 0 Å². The lowest BCUT2D eigenvalue weighted by Gasteiger charge is -2.17. The SMILES string of the molecule is O=C(CCCOc1ccc2c(c1)CCC(=O)N2)NCCc1ccc(C(=O)O)cc1. The molecule has 0 atom stereocenters. The number of hydrogen-bond donors (Lipinski definition) is 3. The van der Waals surface area contributed by atoms with Crippen molar-refractivity contribution < 1.29 is 24.2 Å². The van der Waals surface area contributed by atoms with Crippen molar-refractivity contribution in [3.63, 3.8) is 0 Å². The van der Waals surface area contributed by atoms with Gasteiger partial charge in [-0.15, -0.1) is 0 Å². The first kappa shape index (κ1) is 20.4. The average molecular weight is 396 g/mol. The first-order chi connectivity index (χ1) is 14.0. The fourth-order valence-electron chi connectivity index (χ4n) is 3.12. The van der Waals surface area contributed by atoms with Crippen molar-refractivity contribution in [2.75, 3.05) is 18.5 Å². The molecular weight excluding hydrogens is 372 g/mol. The predicted molar refractivity (Wildman–Crippen MR) is 108 cm³/mol. The molecule has 0 radical (unpaired) electrons. The van der Waals surface area contributed by atoms with Crippen molar-refractivity contribution in [1.82, 2.24) is 5.32 Å². The van der Waals surface area contributed by atoms with E-state index in [0.29, 0.717) is 45.3 Å². The zero-order valence-corrected chi connectivity index (χ0v) is 16.1. The Labute approximate surface area is 169 Å². The standard InChI is InChI=1S/C22H24N2O5/c25-20(23-12-11-15-3-5-16(6-4-15)22(27)28)2-1-13-29-18-8-9-19-17(14-18)7-10-21(26)24-19/h3-6,8-9,14H,1-2,7,10-13H2,(H,23,25)(H,24,26)(H,27,28). The van der Waals surface area contributed by atoms with Crippen LogP contribution >= 0.6 is 0 Å². The third-order valence-electron chi connectivity index (χ3n) is 4.73. The number of fused-ring (bicyclic) bond motifs is 1. The zero-order chi connectivity index (χ0) is 20.6. The number of aromatic carboxylic acids is 1. The van der Waals surface area contributed by atoms with Crippen LogP contribution in [-0.2, 0) is 22.4 Å². The fraction of sp³-hybridized carbons (Fsp3) is 0.318. The van der Waals surface area contributed by atoms with Crippen LogP contribution in [0.25, 0.3) is 0 Å². The summed E-state index contributed by atoms with van der Waals surface area (Å²) in [6, 6.07) is 12.2. The van der Waals surface area contributed by atoms with E-state index in [1.807, 2.05) is 18.2 Å². The zero-order valence-electron chi connectivity index (χ0n) is 16.1. The molecule has 1 heterocycles. The molecule has 3 rings (SSSR count). The summed E-state index contributed by atoms with van der Waals surface area (Å²) in [5, 5.41) is 14.6. The molecule has 2 amide bonds. The highest BCUT2D eigenvalue weighted by molar-refractivity contribution is 5.94. The van der Waals surface area contributed by atoms with Crippen LogP contribution in [0, 0.1) is 0 Å². The molecule has 0 aliphatic carbocycles. The van der Waals surface area contributed by atoms with Gasteiger partial charge in [0.2, 0.25) is 11.8 Å². The van der Waals surface area contributed by atoms with Gasteiger partial charge in [-0.3, -0.25) is 9.59 Å². The number of benzene rings is 2. The number of anilines is 1. The molecule has 29 heavy (non-hydrogen) atoms. The molecule has 1 aliphatic heterocycles. The number of nitrogens with one attached hydrogen (secondary N) is 2. The van der Waals surface area contributed by atoms with Gasteiger partial charge in [0.05, 0.1) is 12.2 Å². The molecule has 2 aromatic rings. The van der Waals surface area contributed by atoms with E-state index in [9.17, 15) is 14.4 Å². The lowest BCUT2D eigenvalue weighted by Crippen LogP contribution is -2.25. The molecule has 1 aliphatic rings. The maximum absolute atomic E-state index is 11.9. The van der Waals surface area contributed by atoms with E-state index in [-0.39, 0.29) is 17.4 Å². The number of aryl methyl sites for hydroxylation is 1. The van der Waals surface area contributed by atoms with E-state index in [1.165, 1.54) is 0 Å². The van der Waals surface area contributed by atoms with Gasteiger partial charge in [0.1, 0.15) is 5.75 Å². The molecule has 2 aromatic carbocycles. The summed E-state index contributed by atoms with van der Waals surface area (Å²) in [5.41, 5.74) is 3.13. The van der Waals surface area contributed by atoms with E-state index in [0.717, 1.165) is 22.6 Å². The molecule has 152 valence electrons. The summed E-state index contributed by atoms with van der Waals surface area (Å²) >= 11 is 0. The maximum Gasteiger partial charge on any atom is 0.335 e. The molecule has 0 saturated carbocycles. The number of hydrogen-bond acceptors (Lipinski definition) is 4. The van der Waals surface area contributed by atoms with Crippen molar-refractivity contribution in [3.05, 3.63) is 59.2 Å². The van der Waals surface area contributed by atoms with Crippen molar-refractivity contribution in [3.8, 4) is 5.75 Å². The topological polar surface area (TPSA) is 105 Å². The van der Waals surface area contributed by atoms with Gasteiger partial charge in [0, 0.05) is 25.1 Å². The quantitative estimate of drug-likeness (QED) is 0.566. The molecule has 7 heteroatoms. The minimum atomic E-state index is -0.950. The summed E-state index contributed by atoms with van der Waals surface area (Å²) in [7, 11) is 0. The van der Waals surface area contributed by atoms with Gasteiger partial charge in [-0.1, -0.05) is 12.1 Å². The fourth-order valence-corrected chi connectivity index (χ4v) is 3.12. The highest BCUT2D eigenvalue weighted by Crippen LogP contribution is 2.26. The second-order valence-electron chi connectivity index (χ2n) is 6.92. The van der Waals surface area contributed by atoms with E-state index < -0.39 is 5.97 Å². The molecular formula is C22H24N2O5. The number of amides is 2. The van der Waals surface area contributed by atoms with Crippen LogP contribution in [0.3, 0.4) is 0 Å². The highest BCUT2D eigenvalue weighted by atomic mass is 16.5. The van der Waals surface area contributed by atoms with E-state index >= 15 is 0 Å². The Kier molecular flexibility index (Phi) is 6.84. The molecule has 0 spiro atoms. The summed E-state index contributed by atoms with van der Waals surface area (Å²) in [4.78, 5) is 34.1. The largest absolute Gasteiger partial charge is 0.494 e. The second-order valence-corrected chi connectivity index (χ2v) is 6.92. The number of carbonyl (C=O) groups excluding carboxylic acids is 2. The van der Waals surface area contributed by atoms with Gasteiger partial charge in [0.15, 0.2) is 0 Å². The number of ether oxygens (including phenoxy) is 1. The van der Waals surface area contributed by atoms with Crippen LogP contribution in [0.5, 0.6) is 5.75 Å². The third kappa shape index (κ3) is 6.07. The minimum absolute atomic E-state index is 0.0365. The Bertz CT molecular complexity index is 893. The Morgan fingerprint density at radius 1 is 1.10 bits per heavy atom. The predicted octanol–water partition coefficient (Wildman–Crippen LogP) is 2.79. The van der Waals surface area contributed by atoms with E-state index in [1.54, 1.807) is 24.3 Å². The van der Waals surface area contributed by atoms with Gasteiger partial charge in [0.25, 0.3) is 0 Å². The summed E-state index contributed by atoms with van der Waals surface area (Å²) in [6.45, 7) is 0.942. The monoisotopic (exact) mass is 396 g/mol. The van der Waals surface area contributed by atoms with Crippen LogP contribution in [0.1, 0.15) is 40.7 Å². The van der Waals surface area contributed by atoms with Crippen molar-refractivity contribution in [2.24, 2.45) is 0 Å². The Hall–Kier alpha value is -3.35. The first-order valence-corrected chi connectivity index (χ1v) is 9.66. The second kappa shape index (κ2) is 9.73. The summed E-state index contributed by atoms with van der Waals surface area (Å²) in [5.74, 6) is -0.210. The molecule has 0 saturated heterocycles. The summed E-state index contributed by atoms with van der Waals surface area (Å²) < 4.78 is 5.71. The van der Waals surface area contributed by atoms with Crippen molar-refractivity contribution >= 4 is 23.5 Å². The lowest BCUT2D eigenvalue weighted by atomic mass is 10.0. The number of carboxylic acid groups (broad SMARTS) is 1. The van der Waals surface area contributed by atoms with E-state index in [4.69, 9.17) is 9.84 Å². The molecule has 0 bridgehead atoms. The molecule has 7 nitrogen and oxygen atoms in total. The summed E-state index contributed by atoms with van der Waals surface area (Å²) in [6.07, 6.45) is 2.82. The van der Waals surface area contributed by atoms with Crippen LogP contribution < -0.4 is 15.4 Å². The Morgan fingerprint density at radius 3 is 2.66 bits per heavy atom. The number of carbonyl (C=O) groups is 3. The van der Waals surface area contributed by atoms with Crippen LogP contribution in [0.2, 0.25) is 0 Å². The lowest BCUT2D eigenvalue weighted by molar-refractivity contribution is -0.121. The van der Waals surface area contributed by atoms with Gasteiger partial charge in [-0.2, -0.15) is 0 Å². The molecule has 0 fully saturated rings. The minimum Gasteiger partial charge on any atom is -0.494 e. The smallest absolute Gasteiger partial charge is 0.335 e. The molecule has 3 N–H and O–H groups in total. The van der Waals surface area contributed by atoms with Crippen molar-refractivity contribution in [2.45, 2.75) is 32.1 Å². The Morgan fingerprint density at radius 2 is 1.90 bits per heavy atom. The van der Waals surface area contributed by atoms with Crippen LogP contribution in [0.4, 0.5) is 5.69 Å². The highest BCUT2D eigenvalue weighted by Gasteiger charge is 2.15. The molecule has 0 aromatic heterocycles. The van der Waals surface area contributed by atoms with Gasteiger partial charge >= 0.3 is 5.97 Å². The third-order valence-corrected chi connectivity index (χ3v) is 4.73. The normalized spacial score (nSPS) is 12.6.